The molecule has 0 aromatic carbocycles. The molecule has 0 amide bonds. The molecule has 126 valence electrons. The van der Waals surface area contributed by atoms with Crippen molar-refractivity contribution in [3.05, 3.63) is 34.5 Å². The first-order valence-corrected chi connectivity index (χ1v) is 9.73. The van der Waals surface area contributed by atoms with Crippen molar-refractivity contribution in [1.82, 2.24) is 14.3 Å². The van der Waals surface area contributed by atoms with E-state index in [0.717, 1.165) is 10.6 Å². The van der Waals surface area contributed by atoms with Crippen LogP contribution in [0, 0.1) is 25.2 Å². The fraction of sp³-hybridized carbons (Fsp3) is 0.400. The van der Waals surface area contributed by atoms with Gasteiger partial charge in [-0.25, -0.2) is 18.4 Å². The molecule has 9 heteroatoms. The number of nitriles is 1. The van der Waals surface area contributed by atoms with Crippen LogP contribution < -0.4 is 4.90 Å². The highest BCUT2D eigenvalue weighted by Gasteiger charge is 2.30. The largest absolute Gasteiger partial charge is 0.338 e. The number of rotatable bonds is 3. The minimum Gasteiger partial charge on any atom is -0.338 e. The highest BCUT2D eigenvalue weighted by Crippen LogP contribution is 2.25. The molecule has 2 aromatic rings. The summed E-state index contributed by atoms with van der Waals surface area (Å²) in [5, 5.41) is 9.02. The Morgan fingerprint density at radius 2 is 1.88 bits per heavy atom. The number of thiophene rings is 1. The van der Waals surface area contributed by atoms with Crippen LogP contribution in [0.3, 0.4) is 0 Å². The lowest BCUT2D eigenvalue weighted by molar-refractivity contribution is 0.383. The van der Waals surface area contributed by atoms with Crippen molar-refractivity contribution in [3.8, 4) is 6.07 Å². The Morgan fingerprint density at radius 3 is 2.46 bits per heavy atom. The lowest BCUT2D eigenvalue weighted by atomic mass is 10.3. The van der Waals surface area contributed by atoms with Crippen LogP contribution >= 0.6 is 11.3 Å². The van der Waals surface area contributed by atoms with E-state index in [2.05, 4.69) is 9.97 Å². The predicted molar refractivity (Wildman–Crippen MR) is 91.5 cm³/mol. The van der Waals surface area contributed by atoms with Crippen LogP contribution in [0.15, 0.2) is 22.4 Å². The fourth-order valence-corrected chi connectivity index (χ4v) is 5.42. The number of aryl methyl sites for hydroxylation is 2. The zero-order valence-electron chi connectivity index (χ0n) is 13.4. The van der Waals surface area contributed by atoms with Gasteiger partial charge >= 0.3 is 0 Å². The van der Waals surface area contributed by atoms with Crippen LogP contribution in [0.2, 0.25) is 0 Å². The van der Waals surface area contributed by atoms with Crippen molar-refractivity contribution >= 4 is 27.3 Å². The molecule has 0 spiro atoms. The molecule has 0 aliphatic carbocycles. The zero-order valence-corrected chi connectivity index (χ0v) is 15.1. The molecule has 1 aliphatic rings. The summed E-state index contributed by atoms with van der Waals surface area (Å²) in [6.07, 6.45) is 0. The maximum atomic E-state index is 12.6. The van der Waals surface area contributed by atoms with Gasteiger partial charge in [0.25, 0.3) is 10.0 Å². The molecule has 1 saturated heterocycles. The van der Waals surface area contributed by atoms with E-state index in [1.165, 1.54) is 15.6 Å². The van der Waals surface area contributed by atoms with Gasteiger partial charge in [-0.15, -0.1) is 11.3 Å². The first kappa shape index (κ1) is 16.8. The maximum absolute atomic E-state index is 12.6. The SMILES string of the molecule is Cc1cc(C#N)nc(N2CCN(S(=O)(=O)c3ccc(C)s3)CC2)n1. The third-order valence-corrected chi connectivity index (χ3v) is 7.16. The van der Waals surface area contributed by atoms with Gasteiger partial charge in [-0.2, -0.15) is 9.57 Å². The van der Waals surface area contributed by atoms with E-state index in [-0.39, 0.29) is 0 Å². The summed E-state index contributed by atoms with van der Waals surface area (Å²) in [6.45, 7) is 5.45. The molecular formula is C15H17N5O2S2. The Hall–Kier alpha value is -2.02. The van der Waals surface area contributed by atoms with Crippen molar-refractivity contribution in [2.45, 2.75) is 18.1 Å². The average Bonchev–Trinajstić information content (AvgIpc) is 3.01. The van der Waals surface area contributed by atoms with E-state index in [9.17, 15) is 8.42 Å². The molecule has 1 fully saturated rings. The van der Waals surface area contributed by atoms with Gasteiger partial charge in [0.2, 0.25) is 5.95 Å². The van der Waals surface area contributed by atoms with Gasteiger partial charge in [-0.3, -0.25) is 0 Å². The minimum atomic E-state index is -3.44. The second kappa shape index (κ2) is 6.47. The number of aromatic nitrogens is 2. The topological polar surface area (TPSA) is 90.2 Å². The molecule has 0 N–H and O–H groups in total. The van der Waals surface area contributed by atoms with Gasteiger partial charge in [0.1, 0.15) is 16.0 Å². The Labute approximate surface area is 145 Å². The molecule has 24 heavy (non-hydrogen) atoms. The van der Waals surface area contributed by atoms with Crippen molar-refractivity contribution in [2.24, 2.45) is 0 Å². The number of anilines is 1. The van der Waals surface area contributed by atoms with Crippen molar-refractivity contribution in [3.63, 3.8) is 0 Å². The summed E-state index contributed by atoms with van der Waals surface area (Å²) in [7, 11) is -3.44. The average molecular weight is 363 g/mol. The third kappa shape index (κ3) is 3.26. The van der Waals surface area contributed by atoms with Crippen LogP contribution in [0.4, 0.5) is 5.95 Å². The molecule has 0 bridgehead atoms. The second-order valence-electron chi connectivity index (χ2n) is 5.56. The normalized spacial score (nSPS) is 16.1. The van der Waals surface area contributed by atoms with E-state index in [1.807, 2.05) is 30.9 Å². The number of sulfonamides is 1. The first-order valence-electron chi connectivity index (χ1n) is 7.47. The molecular weight excluding hydrogens is 346 g/mol. The summed E-state index contributed by atoms with van der Waals surface area (Å²) in [5.74, 6) is 0.482. The van der Waals surface area contributed by atoms with E-state index in [0.29, 0.717) is 42.0 Å². The van der Waals surface area contributed by atoms with E-state index in [1.54, 1.807) is 12.1 Å². The first-order chi connectivity index (χ1) is 11.4. The van der Waals surface area contributed by atoms with E-state index < -0.39 is 10.0 Å². The molecule has 1 aliphatic heterocycles. The van der Waals surface area contributed by atoms with Crippen LogP contribution in [0.5, 0.6) is 0 Å². The summed E-state index contributed by atoms with van der Waals surface area (Å²) in [4.78, 5) is 11.5. The van der Waals surface area contributed by atoms with Crippen molar-refractivity contribution < 1.29 is 8.42 Å². The molecule has 0 saturated carbocycles. The summed E-state index contributed by atoms with van der Waals surface area (Å²) in [6, 6.07) is 7.12. The molecule has 0 atom stereocenters. The molecule has 0 unspecified atom stereocenters. The quantitative estimate of drug-likeness (QED) is 0.822. The van der Waals surface area contributed by atoms with Gasteiger partial charge in [0, 0.05) is 36.8 Å². The second-order valence-corrected chi connectivity index (χ2v) is 9.02. The summed E-state index contributed by atoms with van der Waals surface area (Å²) >= 11 is 1.29. The van der Waals surface area contributed by atoms with Crippen molar-refractivity contribution in [1.29, 1.82) is 5.26 Å². The fourth-order valence-electron chi connectivity index (χ4n) is 2.56. The Bertz CT molecular complexity index is 893. The molecule has 7 nitrogen and oxygen atoms in total. The van der Waals surface area contributed by atoms with E-state index >= 15 is 0 Å². The third-order valence-electron chi connectivity index (χ3n) is 3.79. The highest BCUT2D eigenvalue weighted by atomic mass is 32.2. The number of hydrogen-bond acceptors (Lipinski definition) is 7. The van der Waals surface area contributed by atoms with Gasteiger partial charge in [-0.05, 0) is 32.0 Å². The Morgan fingerprint density at radius 1 is 1.17 bits per heavy atom. The van der Waals surface area contributed by atoms with Gasteiger partial charge in [0.15, 0.2) is 0 Å². The Balaban J connectivity index is 1.74. The lowest BCUT2D eigenvalue weighted by Crippen LogP contribution is -2.49. The number of piperazine rings is 1. The molecule has 2 aromatic heterocycles. The minimum absolute atomic E-state index is 0.321. The zero-order chi connectivity index (χ0) is 17.3. The van der Waals surface area contributed by atoms with E-state index in [4.69, 9.17) is 5.26 Å². The van der Waals surface area contributed by atoms with Crippen LogP contribution in [0.25, 0.3) is 0 Å². The molecule has 3 heterocycles. The summed E-state index contributed by atoms with van der Waals surface area (Å²) < 4.78 is 27.2. The van der Waals surface area contributed by atoms with Crippen LogP contribution in [-0.4, -0.2) is 48.9 Å². The van der Waals surface area contributed by atoms with Crippen LogP contribution in [0.1, 0.15) is 16.3 Å². The van der Waals surface area contributed by atoms with Gasteiger partial charge in [0.05, 0.1) is 0 Å². The number of hydrogen-bond donors (Lipinski definition) is 0. The standard InChI is InChI=1S/C15H17N5O2S2/c1-11-9-13(10-16)18-15(17-11)19-5-7-20(8-6-19)24(21,22)14-4-3-12(2)23-14/h3-4,9H,5-8H2,1-2H3. The molecule has 0 radical (unpaired) electrons. The summed E-state index contributed by atoms with van der Waals surface area (Å²) in [5.41, 5.74) is 1.04. The Kier molecular flexibility index (Phi) is 4.54. The monoisotopic (exact) mass is 363 g/mol. The van der Waals surface area contributed by atoms with Crippen molar-refractivity contribution in [2.75, 3.05) is 31.1 Å². The predicted octanol–water partition coefficient (Wildman–Crippen LogP) is 1.54. The van der Waals surface area contributed by atoms with Gasteiger partial charge < -0.3 is 4.90 Å². The van der Waals surface area contributed by atoms with Crippen LogP contribution in [-0.2, 0) is 10.0 Å². The number of nitrogens with zero attached hydrogens (tertiary/aromatic N) is 5. The molecule has 3 rings (SSSR count). The smallest absolute Gasteiger partial charge is 0.252 e. The van der Waals surface area contributed by atoms with Gasteiger partial charge in [-0.1, -0.05) is 0 Å². The maximum Gasteiger partial charge on any atom is 0.252 e. The highest BCUT2D eigenvalue weighted by molar-refractivity contribution is 7.91. The lowest BCUT2D eigenvalue weighted by Gasteiger charge is -2.33.